The van der Waals surface area contributed by atoms with Crippen molar-refractivity contribution in [2.24, 2.45) is 0 Å². The van der Waals surface area contributed by atoms with E-state index in [1.807, 2.05) is 23.5 Å². The van der Waals surface area contributed by atoms with E-state index < -0.39 is 0 Å². The average molecular weight is 796 g/mol. The van der Waals surface area contributed by atoms with Crippen molar-refractivity contribution in [3.63, 3.8) is 0 Å². The first-order valence-corrected chi connectivity index (χ1v) is 21.5. The number of hydrogen-bond donors (Lipinski definition) is 0. The number of fused-ring (bicyclic) bond motifs is 7. The molecule has 3 heteroatoms. The van der Waals surface area contributed by atoms with Gasteiger partial charge in [0.15, 0.2) is 0 Å². The van der Waals surface area contributed by atoms with Crippen molar-refractivity contribution in [3.05, 3.63) is 224 Å². The van der Waals surface area contributed by atoms with Crippen LogP contribution in [0.15, 0.2) is 229 Å². The normalized spacial score (nSPS) is 11.6. The minimum Gasteiger partial charge on any atom is -0.456 e. The minimum atomic E-state index is 0.900. The van der Waals surface area contributed by atoms with E-state index in [2.05, 4.69) is 217 Å². The lowest BCUT2D eigenvalue weighted by Gasteiger charge is -2.26. The second-order valence-electron chi connectivity index (χ2n) is 15.7. The highest BCUT2D eigenvalue weighted by atomic mass is 32.1. The third-order valence-corrected chi connectivity index (χ3v) is 13.2. The van der Waals surface area contributed by atoms with Crippen LogP contribution in [-0.4, -0.2) is 0 Å². The van der Waals surface area contributed by atoms with Gasteiger partial charge in [-0.3, -0.25) is 0 Å². The molecule has 0 unspecified atom stereocenters. The molecule has 0 spiro atoms. The molecule has 0 aliphatic heterocycles. The molecule has 0 radical (unpaired) electrons. The van der Waals surface area contributed by atoms with E-state index in [9.17, 15) is 0 Å². The first-order chi connectivity index (χ1) is 30.2. The summed E-state index contributed by atoms with van der Waals surface area (Å²) in [5.41, 5.74) is 14.6. The van der Waals surface area contributed by atoms with Gasteiger partial charge < -0.3 is 9.32 Å². The maximum absolute atomic E-state index is 6.26. The van der Waals surface area contributed by atoms with Gasteiger partial charge in [0.2, 0.25) is 0 Å². The lowest BCUT2D eigenvalue weighted by Crippen LogP contribution is -2.10. The van der Waals surface area contributed by atoms with Crippen LogP contribution < -0.4 is 4.90 Å². The van der Waals surface area contributed by atoms with Crippen LogP contribution in [0.4, 0.5) is 17.1 Å². The fraction of sp³-hybridized carbons (Fsp3) is 0. The molecule has 2 aromatic heterocycles. The molecule has 286 valence electrons. The molecule has 0 fully saturated rings. The molecular weight excluding hydrogens is 759 g/mol. The molecule has 0 bridgehead atoms. The van der Waals surface area contributed by atoms with Gasteiger partial charge in [-0.05, 0) is 122 Å². The predicted molar refractivity (Wildman–Crippen MR) is 261 cm³/mol. The van der Waals surface area contributed by atoms with Gasteiger partial charge in [0.25, 0.3) is 0 Å². The number of furan rings is 1. The van der Waals surface area contributed by atoms with Crippen LogP contribution in [0.5, 0.6) is 0 Å². The molecule has 12 aromatic rings. The zero-order chi connectivity index (χ0) is 40.3. The van der Waals surface area contributed by atoms with Crippen LogP contribution in [0.25, 0.3) is 97.4 Å². The predicted octanol–water partition coefficient (Wildman–Crippen LogP) is 17.2. The highest BCUT2D eigenvalue weighted by molar-refractivity contribution is 7.25. The molecule has 0 aliphatic carbocycles. The fourth-order valence-corrected chi connectivity index (χ4v) is 10.3. The van der Waals surface area contributed by atoms with Gasteiger partial charge in [-0.2, -0.15) is 0 Å². The largest absolute Gasteiger partial charge is 0.456 e. The fourth-order valence-electron chi connectivity index (χ4n) is 9.13. The monoisotopic (exact) mass is 795 g/mol. The Bertz CT molecular complexity index is 3590. The summed E-state index contributed by atoms with van der Waals surface area (Å²) in [4.78, 5) is 2.37. The van der Waals surface area contributed by atoms with Crippen molar-refractivity contribution < 1.29 is 4.42 Å². The molecule has 0 aliphatic rings. The van der Waals surface area contributed by atoms with Crippen LogP contribution >= 0.6 is 11.3 Å². The Morgan fingerprint density at radius 2 is 0.885 bits per heavy atom. The van der Waals surface area contributed by atoms with Crippen molar-refractivity contribution in [2.75, 3.05) is 4.90 Å². The number of nitrogens with zero attached hydrogens (tertiary/aromatic N) is 1. The van der Waals surface area contributed by atoms with Gasteiger partial charge in [0.05, 0.1) is 0 Å². The van der Waals surface area contributed by atoms with E-state index in [4.69, 9.17) is 4.42 Å². The van der Waals surface area contributed by atoms with Crippen LogP contribution in [0.1, 0.15) is 0 Å². The third kappa shape index (κ3) is 6.18. The Morgan fingerprint density at radius 3 is 1.74 bits per heavy atom. The summed E-state index contributed by atoms with van der Waals surface area (Å²) in [6.45, 7) is 0. The molecule has 61 heavy (non-hydrogen) atoms. The van der Waals surface area contributed by atoms with E-state index >= 15 is 0 Å². The molecule has 0 atom stereocenters. The van der Waals surface area contributed by atoms with Crippen molar-refractivity contribution in [1.82, 2.24) is 0 Å². The van der Waals surface area contributed by atoms with E-state index in [0.717, 1.165) is 55.7 Å². The average Bonchev–Trinajstić information content (AvgIpc) is 3.90. The molecule has 2 heterocycles. The van der Waals surface area contributed by atoms with Gasteiger partial charge in [-0.25, -0.2) is 0 Å². The van der Waals surface area contributed by atoms with E-state index in [1.165, 1.54) is 58.8 Å². The molecule has 10 aromatic carbocycles. The zero-order valence-corrected chi connectivity index (χ0v) is 33.9. The Labute approximate surface area is 357 Å². The zero-order valence-electron chi connectivity index (χ0n) is 33.1. The first-order valence-electron chi connectivity index (χ1n) is 20.7. The van der Waals surface area contributed by atoms with E-state index in [-0.39, 0.29) is 0 Å². The number of anilines is 3. The van der Waals surface area contributed by atoms with Gasteiger partial charge >= 0.3 is 0 Å². The van der Waals surface area contributed by atoms with E-state index in [0.29, 0.717) is 0 Å². The molecular formula is C58H37NOS. The van der Waals surface area contributed by atoms with Crippen molar-refractivity contribution in [1.29, 1.82) is 0 Å². The number of benzene rings is 10. The minimum absolute atomic E-state index is 0.900. The molecule has 0 saturated carbocycles. The maximum atomic E-state index is 6.26. The van der Waals surface area contributed by atoms with E-state index in [1.54, 1.807) is 0 Å². The molecule has 12 rings (SSSR count). The third-order valence-electron chi connectivity index (χ3n) is 12.1. The van der Waals surface area contributed by atoms with Crippen LogP contribution in [0.2, 0.25) is 0 Å². The molecule has 2 nitrogen and oxygen atoms in total. The number of rotatable bonds is 7. The SMILES string of the molecule is c1cc(-c2cccc(N(c3ccc(-c4ccc5c(c4)sc4ccccc45)cc3)c3ccc(-c4cccc5oc6ccccc6c45)cc3)c2)cc(-c2cccc3ccccc23)c1. The summed E-state index contributed by atoms with van der Waals surface area (Å²) in [5, 5.41) is 7.42. The number of hydrogen-bond acceptors (Lipinski definition) is 3. The van der Waals surface area contributed by atoms with Crippen LogP contribution in [-0.2, 0) is 0 Å². The number of para-hydroxylation sites is 1. The smallest absolute Gasteiger partial charge is 0.136 e. The standard InChI is InChI=1S/C58H37NOS/c1-2-17-48-39(11-1)12-9-20-49(48)44-15-7-13-41(35-44)42-14-8-16-47(36-42)59(45-30-25-38(26-31-45)43-29-34-52-51-18-4-6-24-56(51)61-57(52)37-43)46-32-27-40(28-33-46)50-21-10-23-55-58(50)53-19-3-5-22-54(53)60-55/h1-37H. The second kappa shape index (κ2) is 14.5. The maximum Gasteiger partial charge on any atom is 0.136 e. The van der Waals surface area contributed by atoms with Crippen molar-refractivity contribution in [3.8, 4) is 44.5 Å². The lowest BCUT2D eigenvalue weighted by molar-refractivity contribution is 0.669. The summed E-state index contributed by atoms with van der Waals surface area (Å²) < 4.78 is 8.89. The Kier molecular flexibility index (Phi) is 8.39. The summed E-state index contributed by atoms with van der Waals surface area (Å²) in [5.74, 6) is 0. The van der Waals surface area contributed by atoms with Gasteiger partial charge in [0, 0.05) is 48.0 Å². The second-order valence-corrected chi connectivity index (χ2v) is 16.8. The summed E-state index contributed by atoms with van der Waals surface area (Å²) >= 11 is 1.86. The first kappa shape index (κ1) is 35.2. The Hall–Kier alpha value is -7.72. The quantitative estimate of drug-likeness (QED) is 0.160. The Balaban J connectivity index is 0.951. The summed E-state index contributed by atoms with van der Waals surface area (Å²) in [6, 6.07) is 81.2. The van der Waals surface area contributed by atoms with Gasteiger partial charge in [-0.1, -0.05) is 158 Å². The summed E-state index contributed by atoms with van der Waals surface area (Å²) in [7, 11) is 0. The number of thiophene rings is 1. The van der Waals surface area contributed by atoms with Crippen molar-refractivity contribution in [2.45, 2.75) is 0 Å². The molecule has 0 N–H and O–H groups in total. The van der Waals surface area contributed by atoms with Gasteiger partial charge in [0.1, 0.15) is 11.2 Å². The van der Waals surface area contributed by atoms with Gasteiger partial charge in [-0.15, -0.1) is 11.3 Å². The highest BCUT2D eigenvalue weighted by Crippen LogP contribution is 2.42. The van der Waals surface area contributed by atoms with Crippen molar-refractivity contribution >= 4 is 81.3 Å². The highest BCUT2D eigenvalue weighted by Gasteiger charge is 2.17. The van der Waals surface area contributed by atoms with Crippen LogP contribution in [0.3, 0.4) is 0 Å². The Morgan fingerprint density at radius 1 is 0.311 bits per heavy atom. The molecule has 0 saturated heterocycles. The molecule has 0 amide bonds. The summed E-state index contributed by atoms with van der Waals surface area (Å²) in [6.07, 6.45) is 0. The topological polar surface area (TPSA) is 16.4 Å². The van der Waals surface area contributed by atoms with Crippen LogP contribution in [0, 0.1) is 0 Å². The lowest BCUT2D eigenvalue weighted by atomic mass is 9.95.